The highest BCUT2D eigenvalue weighted by atomic mass is 16.5. The van der Waals surface area contributed by atoms with Crippen molar-refractivity contribution in [3.8, 4) is 12.3 Å². The van der Waals surface area contributed by atoms with Crippen LogP contribution in [-0.4, -0.2) is 6.10 Å². The summed E-state index contributed by atoms with van der Waals surface area (Å²) < 4.78 is 5.96. The molecular weight excluding hydrogens is 208 g/mol. The lowest BCUT2D eigenvalue weighted by atomic mass is 9.92. The predicted molar refractivity (Wildman–Crippen MR) is 71.0 cm³/mol. The van der Waals surface area contributed by atoms with Crippen molar-refractivity contribution in [1.82, 2.24) is 0 Å². The average Bonchev–Trinajstić information content (AvgIpc) is 3.12. The van der Waals surface area contributed by atoms with Gasteiger partial charge in [0.2, 0.25) is 0 Å². The van der Waals surface area contributed by atoms with Crippen molar-refractivity contribution in [3.05, 3.63) is 34.9 Å². The molecule has 0 saturated heterocycles. The Kier molecular flexibility index (Phi) is 3.54. The van der Waals surface area contributed by atoms with Gasteiger partial charge in [-0.15, -0.1) is 6.42 Å². The molecule has 1 aromatic carbocycles. The fourth-order valence-electron chi connectivity index (χ4n) is 2.10. The van der Waals surface area contributed by atoms with E-state index in [9.17, 15) is 0 Å². The van der Waals surface area contributed by atoms with Gasteiger partial charge in [-0.25, -0.2) is 0 Å². The zero-order chi connectivity index (χ0) is 12.4. The third-order valence-corrected chi connectivity index (χ3v) is 3.23. The van der Waals surface area contributed by atoms with Crippen LogP contribution in [0.2, 0.25) is 0 Å². The van der Waals surface area contributed by atoms with E-state index >= 15 is 0 Å². The number of ether oxygens (including phenoxy) is 1. The van der Waals surface area contributed by atoms with E-state index < -0.39 is 0 Å². The topological polar surface area (TPSA) is 9.23 Å². The maximum absolute atomic E-state index is 5.96. The van der Waals surface area contributed by atoms with E-state index in [1.165, 1.54) is 24.0 Å². The molecule has 1 aliphatic rings. The molecule has 0 aromatic heterocycles. The Morgan fingerprint density at radius 3 is 2.47 bits per heavy atom. The van der Waals surface area contributed by atoms with Crippen molar-refractivity contribution in [3.63, 3.8) is 0 Å². The Labute approximate surface area is 104 Å². The molecule has 1 heteroatoms. The Morgan fingerprint density at radius 1 is 1.24 bits per heavy atom. The van der Waals surface area contributed by atoms with Gasteiger partial charge >= 0.3 is 0 Å². The highest BCUT2D eigenvalue weighted by molar-refractivity contribution is 5.42. The first-order valence-corrected chi connectivity index (χ1v) is 6.37. The van der Waals surface area contributed by atoms with E-state index in [2.05, 4.69) is 38.8 Å². The number of terminal acetylenes is 1. The van der Waals surface area contributed by atoms with Crippen molar-refractivity contribution in [1.29, 1.82) is 0 Å². The van der Waals surface area contributed by atoms with E-state index in [1.807, 2.05) is 6.07 Å². The third kappa shape index (κ3) is 2.90. The Morgan fingerprint density at radius 2 is 1.94 bits per heavy atom. The highest BCUT2D eigenvalue weighted by Crippen LogP contribution is 2.34. The van der Waals surface area contributed by atoms with Crippen LogP contribution in [0, 0.1) is 12.3 Å². The van der Waals surface area contributed by atoms with E-state index in [1.54, 1.807) is 0 Å². The number of hydrogen-bond donors (Lipinski definition) is 0. The van der Waals surface area contributed by atoms with Crippen LogP contribution in [0.5, 0.6) is 0 Å². The Bertz CT molecular complexity index is 435. The molecule has 1 aliphatic carbocycles. The summed E-state index contributed by atoms with van der Waals surface area (Å²) >= 11 is 0. The first kappa shape index (κ1) is 12.2. The maximum atomic E-state index is 5.96. The lowest BCUT2D eigenvalue weighted by Gasteiger charge is -2.19. The Hall–Kier alpha value is -1.26. The van der Waals surface area contributed by atoms with Crippen LogP contribution in [0.1, 0.15) is 62.3 Å². The average molecular weight is 228 g/mol. The normalized spacial score (nSPS) is 16.9. The molecule has 0 spiro atoms. The number of benzene rings is 1. The van der Waals surface area contributed by atoms with E-state index in [-0.39, 0.29) is 6.10 Å². The van der Waals surface area contributed by atoms with Gasteiger partial charge in [0, 0.05) is 5.56 Å². The number of hydrogen-bond acceptors (Lipinski definition) is 1. The molecular formula is C16H20O. The van der Waals surface area contributed by atoms with Crippen molar-refractivity contribution in [2.45, 2.75) is 51.7 Å². The summed E-state index contributed by atoms with van der Waals surface area (Å²) in [5, 5.41) is 0. The van der Waals surface area contributed by atoms with Gasteiger partial charge in [0.05, 0.1) is 12.2 Å². The van der Waals surface area contributed by atoms with Crippen LogP contribution in [0.4, 0.5) is 0 Å². The smallest absolute Gasteiger partial charge is 0.0803 e. The van der Waals surface area contributed by atoms with Crippen molar-refractivity contribution >= 4 is 0 Å². The largest absolute Gasteiger partial charge is 0.371 e. The van der Waals surface area contributed by atoms with E-state index in [0.29, 0.717) is 12.0 Å². The molecule has 1 atom stereocenters. The van der Waals surface area contributed by atoms with Gasteiger partial charge < -0.3 is 4.74 Å². The fourth-order valence-corrected chi connectivity index (χ4v) is 2.10. The van der Waals surface area contributed by atoms with E-state index in [4.69, 9.17) is 11.2 Å². The summed E-state index contributed by atoms with van der Waals surface area (Å²) in [7, 11) is 0. The molecule has 1 aromatic rings. The van der Waals surface area contributed by atoms with Gasteiger partial charge in [-0.1, -0.05) is 25.8 Å². The molecule has 0 heterocycles. The lowest BCUT2D eigenvalue weighted by molar-refractivity contribution is 0.0512. The van der Waals surface area contributed by atoms with Crippen LogP contribution in [0.15, 0.2) is 18.2 Å². The summed E-state index contributed by atoms with van der Waals surface area (Å²) in [6, 6.07) is 6.25. The summed E-state index contributed by atoms with van der Waals surface area (Å²) in [5.41, 5.74) is 3.55. The van der Waals surface area contributed by atoms with Crippen LogP contribution >= 0.6 is 0 Å². The highest BCUT2D eigenvalue weighted by Gasteiger charge is 2.26. The zero-order valence-electron chi connectivity index (χ0n) is 10.9. The summed E-state index contributed by atoms with van der Waals surface area (Å²) in [6.07, 6.45) is 8.54. The van der Waals surface area contributed by atoms with Gasteiger partial charge in [-0.3, -0.25) is 0 Å². The van der Waals surface area contributed by atoms with Gasteiger partial charge in [0.1, 0.15) is 0 Å². The second-order valence-electron chi connectivity index (χ2n) is 5.12. The molecule has 90 valence electrons. The minimum Gasteiger partial charge on any atom is -0.371 e. The maximum Gasteiger partial charge on any atom is 0.0803 e. The molecule has 0 radical (unpaired) electrons. The zero-order valence-corrected chi connectivity index (χ0v) is 10.9. The fraction of sp³-hybridized carbons (Fsp3) is 0.500. The Balaban J connectivity index is 2.27. The van der Waals surface area contributed by atoms with Crippen molar-refractivity contribution in [2.24, 2.45) is 0 Å². The van der Waals surface area contributed by atoms with Gasteiger partial charge in [0.25, 0.3) is 0 Å². The molecule has 1 saturated carbocycles. The van der Waals surface area contributed by atoms with Crippen molar-refractivity contribution < 1.29 is 4.74 Å². The molecule has 0 bridgehead atoms. The molecule has 0 N–H and O–H groups in total. The summed E-state index contributed by atoms with van der Waals surface area (Å²) in [6.45, 7) is 6.53. The van der Waals surface area contributed by atoms with Crippen LogP contribution in [0.25, 0.3) is 0 Å². The third-order valence-electron chi connectivity index (χ3n) is 3.23. The molecule has 1 unspecified atom stereocenters. The molecule has 17 heavy (non-hydrogen) atoms. The predicted octanol–water partition coefficient (Wildman–Crippen LogP) is 4.03. The van der Waals surface area contributed by atoms with Crippen LogP contribution < -0.4 is 0 Å². The molecule has 1 fully saturated rings. The molecule has 0 aliphatic heterocycles. The first-order chi connectivity index (χ1) is 8.11. The minimum absolute atomic E-state index is 0.173. The van der Waals surface area contributed by atoms with E-state index in [0.717, 1.165) is 5.56 Å². The van der Waals surface area contributed by atoms with Gasteiger partial charge in [0.15, 0.2) is 0 Å². The first-order valence-electron chi connectivity index (χ1n) is 6.37. The SMILES string of the molecule is C#Cc1ccc(C(C)OC2CC2)c(C(C)C)c1. The molecule has 2 rings (SSSR count). The molecule has 0 amide bonds. The quantitative estimate of drug-likeness (QED) is 0.707. The second-order valence-corrected chi connectivity index (χ2v) is 5.12. The summed E-state index contributed by atoms with van der Waals surface area (Å²) in [4.78, 5) is 0. The standard InChI is InChI=1S/C16H20O/c1-5-13-6-9-15(16(10-13)11(2)3)12(4)17-14-7-8-14/h1,6,9-12,14H,7-8H2,2-4H3. The van der Waals surface area contributed by atoms with Gasteiger partial charge in [-0.2, -0.15) is 0 Å². The lowest BCUT2D eigenvalue weighted by Crippen LogP contribution is -2.06. The summed E-state index contributed by atoms with van der Waals surface area (Å²) in [5.74, 6) is 3.18. The van der Waals surface area contributed by atoms with Crippen molar-refractivity contribution in [2.75, 3.05) is 0 Å². The molecule has 1 nitrogen and oxygen atoms in total. The number of rotatable bonds is 4. The monoisotopic (exact) mass is 228 g/mol. The van der Waals surface area contributed by atoms with Gasteiger partial charge in [-0.05, 0) is 48.9 Å². The second kappa shape index (κ2) is 4.94. The minimum atomic E-state index is 0.173. The van der Waals surface area contributed by atoms with Crippen LogP contribution in [0.3, 0.4) is 0 Å². The van der Waals surface area contributed by atoms with Crippen LogP contribution in [-0.2, 0) is 4.74 Å².